The first-order valence-electron chi connectivity index (χ1n) is 12.8. The molecule has 0 atom stereocenters. The lowest BCUT2D eigenvalue weighted by molar-refractivity contribution is 0.655. The van der Waals surface area contributed by atoms with E-state index in [1.165, 1.54) is 5.56 Å². The number of nitrogens with zero attached hydrogens (tertiary/aromatic N) is 3. The highest BCUT2D eigenvalue weighted by Crippen LogP contribution is 2.33. The monoisotopic (exact) mass is 534 g/mol. The molecule has 38 heavy (non-hydrogen) atoms. The van der Waals surface area contributed by atoms with Crippen molar-refractivity contribution in [2.75, 3.05) is 19.6 Å². The average molecular weight is 535 g/mol. The van der Waals surface area contributed by atoms with Crippen LogP contribution >= 0.6 is 11.6 Å². The molecule has 200 valence electrons. The number of aromatic nitrogens is 3. The molecule has 2 heterocycles. The SMILES string of the molecule is Cc1cc(CCCCN)cc(-c2cc3cn(-c4ccc(CNCCCN=C(N)N)cc4)c(=O)nc3[nH]2)c1Cl. The number of aliphatic imine (C=N–C) groups is 1. The maximum absolute atomic E-state index is 12.9. The molecule has 4 rings (SSSR count). The summed E-state index contributed by atoms with van der Waals surface area (Å²) in [5.74, 6) is 0.113. The summed E-state index contributed by atoms with van der Waals surface area (Å²) in [6.45, 7) is 4.80. The smallest absolute Gasteiger partial charge is 0.354 e. The number of nitrogens with two attached hydrogens (primary N) is 3. The molecule has 0 saturated carbocycles. The maximum Gasteiger partial charge on any atom is 0.354 e. The molecular weight excluding hydrogens is 500 g/mol. The molecule has 0 spiro atoms. The summed E-state index contributed by atoms with van der Waals surface area (Å²) in [7, 11) is 0. The van der Waals surface area contributed by atoms with Crippen molar-refractivity contribution < 1.29 is 0 Å². The molecule has 0 fully saturated rings. The Morgan fingerprint density at radius 1 is 1.11 bits per heavy atom. The van der Waals surface area contributed by atoms with Gasteiger partial charge in [0, 0.05) is 35.9 Å². The quantitative estimate of drug-likeness (QED) is 0.107. The van der Waals surface area contributed by atoms with Crippen molar-refractivity contribution in [2.24, 2.45) is 22.2 Å². The minimum Gasteiger partial charge on any atom is -0.370 e. The predicted molar refractivity (Wildman–Crippen MR) is 156 cm³/mol. The molecule has 10 heteroatoms. The van der Waals surface area contributed by atoms with Gasteiger partial charge in [0.25, 0.3) is 0 Å². The third kappa shape index (κ3) is 6.80. The van der Waals surface area contributed by atoms with Gasteiger partial charge in [0.2, 0.25) is 0 Å². The number of nitrogens with one attached hydrogen (secondary N) is 2. The van der Waals surface area contributed by atoms with Crippen molar-refractivity contribution in [3.8, 4) is 16.9 Å². The topological polar surface area (TPSA) is 153 Å². The maximum atomic E-state index is 12.9. The fraction of sp³-hybridized carbons (Fsp3) is 0.321. The van der Waals surface area contributed by atoms with Gasteiger partial charge in [0.15, 0.2) is 5.96 Å². The number of hydrogen-bond acceptors (Lipinski definition) is 5. The van der Waals surface area contributed by atoms with Gasteiger partial charge in [-0.2, -0.15) is 4.98 Å². The summed E-state index contributed by atoms with van der Waals surface area (Å²) < 4.78 is 1.56. The van der Waals surface area contributed by atoms with Crippen LogP contribution in [-0.2, 0) is 13.0 Å². The number of hydrogen-bond donors (Lipinski definition) is 5. The largest absolute Gasteiger partial charge is 0.370 e. The molecule has 0 aliphatic rings. The zero-order chi connectivity index (χ0) is 27.1. The van der Waals surface area contributed by atoms with Crippen LogP contribution in [0.3, 0.4) is 0 Å². The van der Waals surface area contributed by atoms with E-state index >= 15 is 0 Å². The molecule has 0 amide bonds. The van der Waals surface area contributed by atoms with E-state index in [4.69, 9.17) is 28.8 Å². The number of benzene rings is 2. The summed E-state index contributed by atoms with van der Waals surface area (Å²) in [4.78, 5) is 24.4. The first-order valence-corrected chi connectivity index (χ1v) is 13.2. The zero-order valence-electron chi connectivity index (χ0n) is 21.6. The van der Waals surface area contributed by atoms with E-state index in [1.54, 1.807) is 4.57 Å². The van der Waals surface area contributed by atoms with Crippen LogP contribution in [0, 0.1) is 6.92 Å². The number of rotatable bonds is 12. The van der Waals surface area contributed by atoms with Crippen LogP contribution in [0.2, 0.25) is 5.02 Å². The average Bonchev–Trinajstić information content (AvgIpc) is 3.30. The Morgan fingerprint density at radius 3 is 2.63 bits per heavy atom. The summed E-state index contributed by atoms with van der Waals surface area (Å²) in [5.41, 5.74) is 22.3. The Balaban J connectivity index is 1.51. The van der Waals surface area contributed by atoms with Crippen molar-refractivity contribution in [1.29, 1.82) is 0 Å². The normalized spacial score (nSPS) is 11.2. The summed E-state index contributed by atoms with van der Waals surface area (Å²) >= 11 is 6.69. The zero-order valence-corrected chi connectivity index (χ0v) is 22.4. The number of halogens is 1. The number of fused-ring (bicyclic) bond motifs is 1. The van der Waals surface area contributed by atoms with Crippen LogP contribution in [-0.4, -0.2) is 40.1 Å². The van der Waals surface area contributed by atoms with Gasteiger partial charge in [-0.1, -0.05) is 29.8 Å². The second-order valence-electron chi connectivity index (χ2n) is 9.40. The van der Waals surface area contributed by atoms with E-state index in [0.717, 1.165) is 65.7 Å². The standard InChI is InChI=1S/C28H35ClN8O/c1-18-13-20(5-2-3-10-30)14-23(25(18)29)24-15-21-17-37(28(38)36-26(21)35-24)22-8-6-19(7-9-22)16-33-11-4-12-34-27(31)32/h6-9,13-15,17,33H,2-5,10-12,16,30H2,1H3,(H4,31,32,34)(H,35,36,38). The molecule has 0 radical (unpaired) electrons. The second kappa shape index (κ2) is 12.7. The lowest BCUT2D eigenvalue weighted by Crippen LogP contribution is -2.23. The van der Waals surface area contributed by atoms with Crippen molar-refractivity contribution in [3.05, 3.63) is 80.9 Å². The van der Waals surface area contributed by atoms with Crippen LogP contribution in [0.25, 0.3) is 28.0 Å². The fourth-order valence-corrected chi connectivity index (χ4v) is 4.61. The molecular formula is C28H35ClN8O. The highest BCUT2D eigenvalue weighted by Gasteiger charge is 2.13. The lowest BCUT2D eigenvalue weighted by atomic mass is 10.0. The van der Waals surface area contributed by atoms with Gasteiger partial charge in [-0.05, 0) is 86.7 Å². The van der Waals surface area contributed by atoms with Crippen molar-refractivity contribution >= 4 is 28.6 Å². The molecule has 2 aromatic carbocycles. The minimum absolute atomic E-state index is 0.113. The van der Waals surface area contributed by atoms with E-state index in [-0.39, 0.29) is 11.6 Å². The third-order valence-corrected chi connectivity index (χ3v) is 6.88. The van der Waals surface area contributed by atoms with Gasteiger partial charge in [0.05, 0.1) is 10.7 Å². The second-order valence-corrected chi connectivity index (χ2v) is 9.78. The van der Waals surface area contributed by atoms with Crippen LogP contribution in [0.15, 0.2) is 58.4 Å². The Bertz CT molecular complexity index is 1470. The predicted octanol–water partition coefficient (Wildman–Crippen LogP) is 3.38. The van der Waals surface area contributed by atoms with E-state index in [9.17, 15) is 4.79 Å². The van der Waals surface area contributed by atoms with Gasteiger partial charge in [-0.25, -0.2) is 4.79 Å². The highest BCUT2D eigenvalue weighted by atomic mass is 35.5. The third-order valence-electron chi connectivity index (χ3n) is 6.38. The number of guanidine groups is 1. The Kier molecular flexibility index (Phi) is 9.17. The molecule has 8 N–H and O–H groups in total. The van der Waals surface area contributed by atoms with Gasteiger partial charge < -0.3 is 27.5 Å². The highest BCUT2D eigenvalue weighted by molar-refractivity contribution is 6.34. The Morgan fingerprint density at radius 2 is 1.89 bits per heavy atom. The molecule has 2 aromatic heterocycles. The molecule has 9 nitrogen and oxygen atoms in total. The lowest BCUT2D eigenvalue weighted by Gasteiger charge is -2.10. The van der Waals surface area contributed by atoms with Crippen molar-refractivity contribution in [3.63, 3.8) is 0 Å². The number of H-pyrrole nitrogens is 1. The molecule has 0 aliphatic heterocycles. The summed E-state index contributed by atoms with van der Waals surface area (Å²) in [6.07, 6.45) is 5.61. The van der Waals surface area contributed by atoms with Crippen molar-refractivity contribution in [1.82, 2.24) is 19.9 Å². The van der Waals surface area contributed by atoms with Crippen LogP contribution < -0.4 is 28.2 Å². The summed E-state index contributed by atoms with van der Waals surface area (Å²) in [6, 6.07) is 14.1. The van der Waals surface area contributed by atoms with Crippen LogP contribution in [0.4, 0.5) is 0 Å². The number of aryl methyl sites for hydroxylation is 2. The number of aromatic amines is 1. The molecule has 4 aromatic rings. The van der Waals surface area contributed by atoms with Gasteiger partial charge in [-0.3, -0.25) is 9.56 Å². The van der Waals surface area contributed by atoms with E-state index in [2.05, 4.69) is 32.4 Å². The molecule has 0 saturated heterocycles. The Hall–Kier alpha value is -3.66. The Labute approximate surface area is 227 Å². The van der Waals surface area contributed by atoms with E-state index in [1.807, 2.05) is 43.5 Å². The number of unbranched alkanes of at least 4 members (excludes halogenated alkanes) is 1. The molecule has 0 bridgehead atoms. The van der Waals surface area contributed by atoms with Crippen molar-refractivity contribution in [2.45, 2.75) is 39.2 Å². The van der Waals surface area contributed by atoms with Gasteiger partial charge in [0.1, 0.15) is 5.65 Å². The van der Waals surface area contributed by atoms with Crippen LogP contribution in [0.5, 0.6) is 0 Å². The first kappa shape index (κ1) is 27.4. The minimum atomic E-state index is -0.352. The van der Waals surface area contributed by atoms with Gasteiger partial charge in [-0.15, -0.1) is 0 Å². The van der Waals surface area contributed by atoms with E-state index in [0.29, 0.717) is 30.3 Å². The molecule has 0 aliphatic carbocycles. The fourth-order valence-electron chi connectivity index (χ4n) is 4.40. The summed E-state index contributed by atoms with van der Waals surface area (Å²) in [5, 5.41) is 4.88. The van der Waals surface area contributed by atoms with Crippen LogP contribution in [0.1, 0.15) is 36.0 Å². The van der Waals surface area contributed by atoms with Gasteiger partial charge >= 0.3 is 5.69 Å². The van der Waals surface area contributed by atoms with E-state index < -0.39 is 0 Å². The molecule has 0 unspecified atom stereocenters. The first-order chi connectivity index (χ1) is 18.4.